The quantitative estimate of drug-likeness (QED) is 0.358. The van der Waals surface area contributed by atoms with E-state index in [4.69, 9.17) is 16.3 Å². The molecular weight excluding hydrogens is 491 g/mol. The molecule has 1 N–H and O–H groups in total. The van der Waals surface area contributed by atoms with E-state index >= 15 is 0 Å². The Labute approximate surface area is 213 Å². The monoisotopic (exact) mass is 517 g/mol. The van der Waals surface area contributed by atoms with E-state index in [0.29, 0.717) is 28.3 Å². The molecular formula is C28H27ClF3NO3. The van der Waals surface area contributed by atoms with Gasteiger partial charge in [-0.25, -0.2) is 18.0 Å². The highest BCUT2D eigenvalue weighted by Gasteiger charge is 2.20. The summed E-state index contributed by atoms with van der Waals surface area (Å²) in [5.74, 6) is -1.76. The molecule has 0 spiro atoms. The lowest BCUT2D eigenvalue weighted by molar-refractivity contribution is 0.0697. The smallest absolute Gasteiger partial charge is 0.337 e. The third-order valence-corrected chi connectivity index (χ3v) is 5.97. The Morgan fingerprint density at radius 1 is 1.11 bits per heavy atom. The number of carboxylic acid groups (broad SMARTS) is 1. The highest BCUT2D eigenvalue weighted by molar-refractivity contribution is 6.33. The summed E-state index contributed by atoms with van der Waals surface area (Å²) in [6, 6.07) is 12.1. The summed E-state index contributed by atoms with van der Waals surface area (Å²) >= 11 is 6.02. The fourth-order valence-electron chi connectivity index (χ4n) is 3.87. The number of aromatic nitrogens is 1. The van der Waals surface area contributed by atoms with Crippen molar-refractivity contribution in [1.29, 1.82) is 0 Å². The molecule has 1 aliphatic carbocycles. The zero-order chi connectivity index (χ0) is 26.4. The molecule has 0 saturated carbocycles. The van der Waals surface area contributed by atoms with Crippen molar-refractivity contribution in [1.82, 2.24) is 4.57 Å². The molecule has 4 rings (SSSR count). The summed E-state index contributed by atoms with van der Waals surface area (Å²) in [7, 11) is 0. The first-order valence-corrected chi connectivity index (χ1v) is 12.0. The Balaban J connectivity index is 0.00000176. The summed E-state index contributed by atoms with van der Waals surface area (Å²) in [5.41, 5.74) is 2.45. The number of carboxylic acids is 1. The standard InChI is InChI=1S/C26H21ClF3NO3.C2H6/c1-15-2-10-24(31(15)19-7-8-22(27)20(13-19)26(32)33)21-12-18(29)6-11-25(21)34-14-16-3-4-17(28)5-9-23(16)30;1-2/h2-4,6-8,10-13,23H,5,9,14H2,1H3,(H,32,33);1-2H3. The Morgan fingerprint density at radius 3 is 2.58 bits per heavy atom. The summed E-state index contributed by atoms with van der Waals surface area (Å²) in [6.07, 6.45) is 1.32. The van der Waals surface area contributed by atoms with Gasteiger partial charge in [-0.3, -0.25) is 0 Å². The van der Waals surface area contributed by atoms with Gasteiger partial charge < -0.3 is 14.4 Å². The zero-order valence-corrected chi connectivity index (χ0v) is 21.0. The van der Waals surface area contributed by atoms with Crippen LogP contribution in [0.15, 0.2) is 72.1 Å². The topological polar surface area (TPSA) is 51.5 Å². The fourth-order valence-corrected chi connectivity index (χ4v) is 4.07. The predicted octanol–water partition coefficient (Wildman–Crippen LogP) is 8.26. The van der Waals surface area contributed by atoms with E-state index in [2.05, 4.69) is 0 Å². The second-order valence-corrected chi connectivity index (χ2v) is 8.36. The third kappa shape index (κ3) is 6.02. The normalized spacial score (nSPS) is 15.2. The molecule has 8 heteroatoms. The number of rotatable bonds is 6. The van der Waals surface area contributed by atoms with Crippen molar-refractivity contribution in [3.05, 3.63) is 94.2 Å². The minimum absolute atomic E-state index is 0.0230. The molecule has 0 aliphatic heterocycles. The molecule has 0 saturated heterocycles. The molecule has 0 radical (unpaired) electrons. The van der Waals surface area contributed by atoms with Gasteiger partial charge >= 0.3 is 5.97 Å². The van der Waals surface area contributed by atoms with Crippen LogP contribution in [0.3, 0.4) is 0 Å². The fraction of sp³-hybridized carbons (Fsp3) is 0.250. The Bertz CT molecular complexity index is 1310. The minimum atomic E-state index is -1.34. The first-order chi connectivity index (χ1) is 17.2. The van der Waals surface area contributed by atoms with Crippen molar-refractivity contribution in [3.63, 3.8) is 0 Å². The lowest BCUT2D eigenvalue weighted by Gasteiger charge is -2.18. The number of benzene rings is 2. The van der Waals surface area contributed by atoms with E-state index in [9.17, 15) is 23.1 Å². The van der Waals surface area contributed by atoms with E-state index < -0.39 is 23.8 Å². The van der Waals surface area contributed by atoms with Gasteiger partial charge in [0, 0.05) is 28.9 Å². The van der Waals surface area contributed by atoms with Gasteiger partial charge in [0.25, 0.3) is 0 Å². The summed E-state index contributed by atoms with van der Waals surface area (Å²) in [4.78, 5) is 11.6. The average molecular weight is 518 g/mol. The SMILES string of the molecule is CC.Cc1ccc(-c2cc(F)ccc2OCC2=CC=C(F)CCC2F)n1-c1ccc(Cl)c(C(=O)O)c1. The van der Waals surface area contributed by atoms with Gasteiger partial charge in [0.1, 0.15) is 30.2 Å². The van der Waals surface area contributed by atoms with Crippen molar-refractivity contribution in [3.8, 4) is 22.7 Å². The maximum atomic E-state index is 14.4. The molecule has 2 aromatic carbocycles. The number of halogens is 4. The molecule has 1 aromatic heterocycles. The minimum Gasteiger partial charge on any atom is -0.488 e. The van der Waals surface area contributed by atoms with Crippen molar-refractivity contribution in [2.45, 2.75) is 39.8 Å². The van der Waals surface area contributed by atoms with E-state index in [-0.39, 0.29) is 30.0 Å². The zero-order valence-electron chi connectivity index (χ0n) is 20.2. The first-order valence-electron chi connectivity index (χ1n) is 11.6. The molecule has 3 aromatic rings. The first kappa shape index (κ1) is 27.1. The Kier molecular flexibility index (Phi) is 9.04. The summed E-state index contributed by atoms with van der Waals surface area (Å²) in [5, 5.41) is 9.55. The van der Waals surface area contributed by atoms with E-state index in [1.165, 1.54) is 42.5 Å². The molecule has 1 atom stereocenters. The van der Waals surface area contributed by atoms with Crippen LogP contribution in [0.25, 0.3) is 16.9 Å². The van der Waals surface area contributed by atoms with Crippen molar-refractivity contribution in [2.75, 3.05) is 6.61 Å². The number of aromatic carboxylic acids is 1. The summed E-state index contributed by atoms with van der Waals surface area (Å²) < 4.78 is 49.8. The highest BCUT2D eigenvalue weighted by Crippen LogP contribution is 2.35. The largest absolute Gasteiger partial charge is 0.488 e. The van der Waals surface area contributed by atoms with Crippen LogP contribution in [0.5, 0.6) is 5.75 Å². The molecule has 0 amide bonds. The molecule has 1 aliphatic rings. The van der Waals surface area contributed by atoms with Gasteiger partial charge in [-0.15, -0.1) is 0 Å². The molecule has 1 heterocycles. The van der Waals surface area contributed by atoms with E-state index in [1.54, 1.807) is 22.8 Å². The van der Waals surface area contributed by atoms with Gasteiger partial charge in [-0.2, -0.15) is 0 Å². The number of hydrogen-bond donors (Lipinski definition) is 1. The molecule has 1 unspecified atom stereocenters. The number of carbonyl (C=O) groups is 1. The predicted molar refractivity (Wildman–Crippen MR) is 136 cm³/mol. The van der Waals surface area contributed by atoms with Crippen molar-refractivity contribution >= 4 is 17.6 Å². The van der Waals surface area contributed by atoms with E-state index in [1.807, 2.05) is 20.8 Å². The van der Waals surface area contributed by atoms with Gasteiger partial charge in [0.05, 0.1) is 16.3 Å². The van der Waals surface area contributed by atoms with Crippen molar-refractivity contribution < 1.29 is 27.8 Å². The number of aryl methyl sites for hydroxylation is 1. The van der Waals surface area contributed by atoms with Gasteiger partial charge in [0.15, 0.2) is 0 Å². The van der Waals surface area contributed by atoms with Crippen LogP contribution >= 0.6 is 11.6 Å². The van der Waals surface area contributed by atoms with Gasteiger partial charge in [-0.1, -0.05) is 31.5 Å². The number of nitrogens with zero attached hydrogens (tertiary/aromatic N) is 1. The van der Waals surface area contributed by atoms with Gasteiger partial charge in [-0.05, 0) is 68.0 Å². The van der Waals surface area contributed by atoms with Crippen LogP contribution < -0.4 is 4.74 Å². The molecule has 0 fully saturated rings. The Hall–Kier alpha value is -3.45. The second-order valence-electron chi connectivity index (χ2n) is 7.96. The van der Waals surface area contributed by atoms with Crippen LogP contribution in [0.2, 0.25) is 5.02 Å². The number of hydrogen-bond acceptors (Lipinski definition) is 2. The summed E-state index contributed by atoms with van der Waals surface area (Å²) in [6.45, 7) is 5.69. The van der Waals surface area contributed by atoms with Crippen molar-refractivity contribution in [2.24, 2.45) is 0 Å². The number of ether oxygens (including phenoxy) is 1. The molecule has 36 heavy (non-hydrogen) atoms. The second kappa shape index (κ2) is 12.0. The number of allylic oxidation sites excluding steroid dienone is 3. The Morgan fingerprint density at radius 2 is 1.86 bits per heavy atom. The highest BCUT2D eigenvalue weighted by atomic mass is 35.5. The molecule has 190 valence electrons. The van der Waals surface area contributed by atoms with Crippen LogP contribution in [-0.2, 0) is 0 Å². The maximum Gasteiger partial charge on any atom is 0.337 e. The number of alkyl halides is 1. The lowest BCUT2D eigenvalue weighted by Crippen LogP contribution is -2.12. The van der Waals surface area contributed by atoms with Crippen LogP contribution in [0, 0.1) is 12.7 Å². The van der Waals surface area contributed by atoms with Crippen LogP contribution in [0.1, 0.15) is 42.7 Å². The third-order valence-electron chi connectivity index (χ3n) is 5.64. The molecule has 0 bridgehead atoms. The average Bonchev–Trinajstić information content (AvgIpc) is 3.17. The lowest BCUT2D eigenvalue weighted by atomic mass is 10.1. The van der Waals surface area contributed by atoms with Crippen LogP contribution in [-0.4, -0.2) is 28.4 Å². The van der Waals surface area contributed by atoms with E-state index in [0.717, 1.165) is 5.69 Å². The molecule has 4 nitrogen and oxygen atoms in total. The van der Waals surface area contributed by atoms with Gasteiger partial charge in [0.2, 0.25) is 0 Å². The maximum absolute atomic E-state index is 14.4. The van der Waals surface area contributed by atoms with Crippen LogP contribution in [0.4, 0.5) is 13.2 Å².